The Morgan fingerprint density at radius 1 is 1.03 bits per heavy atom. The highest BCUT2D eigenvalue weighted by atomic mass is 79.9. The minimum Gasteiger partial charge on any atom is -0.422 e. The van der Waals surface area contributed by atoms with Crippen molar-refractivity contribution in [1.29, 1.82) is 5.26 Å². The van der Waals surface area contributed by atoms with Gasteiger partial charge in [-0.15, -0.1) is 0 Å². The van der Waals surface area contributed by atoms with Gasteiger partial charge in [0.05, 0.1) is 16.3 Å². The fourth-order valence-corrected chi connectivity index (χ4v) is 3.26. The van der Waals surface area contributed by atoms with Crippen molar-refractivity contribution in [3.05, 3.63) is 97.9 Å². The standard InChI is InChI=1S/C23H13BrCl2N2O3/c24-17-6-9-21(31-23(30)14-4-2-1-3-5-14)15(11-17)10-16(13-27)22(29)28-20-12-18(25)7-8-19(20)26/h1-12H,(H,28,29)/b16-10+. The molecule has 0 aliphatic carbocycles. The molecule has 3 rings (SSSR count). The molecule has 0 aliphatic rings. The first-order chi connectivity index (χ1) is 14.9. The van der Waals surface area contributed by atoms with Gasteiger partial charge in [0, 0.05) is 15.1 Å². The molecule has 0 atom stereocenters. The number of halogens is 3. The summed E-state index contributed by atoms with van der Waals surface area (Å²) in [5.74, 6) is -1.06. The highest BCUT2D eigenvalue weighted by Crippen LogP contribution is 2.28. The van der Waals surface area contributed by atoms with Crippen LogP contribution in [0.2, 0.25) is 10.0 Å². The molecular formula is C23H13BrCl2N2O3. The van der Waals surface area contributed by atoms with E-state index in [1.807, 2.05) is 6.07 Å². The largest absolute Gasteiger partial charge is 0.422 e. The van der Waals surface area contributed by atoms with E-state index in [9.17, 15) is 14.9 Å². The molecule has 8 heteroatoms. The monoisotopic (exact) mass is 514 g/mol. The van der Waals surface area contributed by atoms with Gasteiger partial charge in [-0.2, -0.15) is 5.26 Å². The van der Waals surface area contributed by atoms with Gasteiger partial charge in [-0.3, -0.25) is 4.79 Å². The molecule has 3 aromatic carbocycles. The summed E-state index contributed by atoms with van der Waals surface area (Å²) < 4.78 is 6.16. The number of carbonyl (C=O) groups is 2. The maximum atomic E-state index is 12.6. The lowest BCUT2D eigenvalue weighted by Crippen LogP contribution is -2.14. The number of carbonyl (C=O) groups excluding carboxylic acids is 2. The number of nitrogens with zero attached hydrogens (tertiary/aromatic N) is 1. The molecule has 0 fully saturated rings. The van der Waals surface area contributed by atoms with Crippen molar-refractivity contribution < 1.29 is 14.3 Å². The summed E-state index contributed by atoms with van der Waals surface area (Å²) in [6.07, 6.45) is 1.33. The van der Waals surface area contributed by atoms with E-state index in [0.29, 0.717) is 20.6 Å². The van der Waals surface area contributed by atoms with Crippen molar-refractivity contribution in [2.45, 2.75) is 0 Å². The number of nitrogens with one attached hydrogen (secondary N) is 1. The minimum absolute atomic E-state index is 0.193. The maximum Gasteiger partial charge on any atom is 0.343 e. The Morgan fingerprint density at radius 2 is 1.77 bits per heavy atom. The lowest BCUT2D eigenvalue weighted by Gasteiger charge is -2.10. The Morgan fingerprint density at radius 3 is 2.48 bits per heavy atom. The third-order valence-corrected chi connectivity index (χ3v) is 5.08. The normalized spacial score (nSPS) is 10.8. The molecule has 5 nitrogen and oxygen atoms in total. The fourth-order valence-electron chi connectivity index (χ4n) is 2.55. The lowest BCUT2D eigenvalue weighted by molar-refractivity contribution is -0.112. The van der Waals surface area contributed by atoms with E-state index in [-0.39, 0.29) is 22.0 Å². The second-order valence-corrected chi connectivity index (χ2v) is 7.95. The zero-order valence-corrected chi connectivity index (χ0v) is 18.8. The van der Waals surface area contributed by atoms with Gasteiger partial charge in [-0.05, 0) is 54.6 Å². The van der Waals surface area contributed by atoms with Gasteiger partial charge in [-0.1, -0.05) is 57.3 Å². The number of hydrogen-bond donors (Lipinski definition) is 1. The zero-order valence-electron chi connectivity index (χ0n) is 15.7. The van der Waals surface area contributed by atoms with Gasteiger partial charge in [0.2, 0.25) is 0 Å². The summed E-state index contributed by atoms with van der Waals surface area (Å²) in [6.45, 7) is 0. The van der Waals surface area contributed by atoms with Gasteiger partial charge in [-0.25, -0.2) is 4.79 Å². The van der Waals surface area contributed by atoms with Crippen LogP contribution in [0.5, 0.6) is 5.75 Å². The van der Waals surface area contributed by atoms with E-state index in [1.165, 1.54) is 18.2 Å². The molecule has 1 N–H and O–H groups in total. The number of benzene rings is 3. The topological polar surface area (TPSA) is 79.2 Å². The number of amides is 1. The minimum atomic E-state index is -0.688. The van der Waals surface area contributed by atoms with E-state index in [1.54, 1.807) is 54.6 Å². The molecule has 0 radical (unpaired) electrons. The molecule has 0 unspecified atom stereocenters. The number of esters is 1. The van der Waals surface area contributed by atoms with Crippen molar-refractivity contribution in [2.75, 3.05) is 5.32 Å². The number of nitriles is 1. The highest BCUT2D eigenvalue weighted by molar-refractivity contribution is 9.10. The van der Waals surface area contributed by atoms with E-state index in [2.05, 4.69) is 21.2 Å². The third-order valence-electron chi connectivity index (χ3n) is 4.03. The van der Waals surface area contributed by atoms with Crippen molar-refractivity contribution in [3.8, 4) is 11.8 Å². The quantitative estimate of drug-likeness (QED) is 0.181. The number of hydrogen-bond acceptors (Lipinski definition) is 4. The SMILES string of the molecule is N#C/C(=C\c1cc(Br)ccc1OC(=O)c1ccccc1)C(=O)Nc1cc(Cl)ccc1Cl. The lowest BCUT2D eigenvalue weighted by atomic mass is 10.1. The predicted molar refractivity (Wildman–Crippen MR) is 124 cm³/mol. The fraction of sp³-hybridized carbons (Fsp3) is 0. The molecule has 3 aromatic rings. The molecule has 0 saturated heterocycles. The summed E-state index contributed by atoms with van der Waals surface area (Å²) in [4.78, 5) is 25.1. The third kappa shape index (κ3) is 5.96. The van der Waals surface area contributed by atoms with Gasteiger partial charge in [0.25, 0.3) is 5.91 Å². The first kappa shape index (κ1) is 22.6. The van der Waals surface area contributed by atoms with Crippen molar-refractivity contribution in [2.24, 2.45) is 0 Å². The van der Waals surface area contributed by atoms with Crippen LogP contribution >= 0.6 is 39.1 Å². The van der Waals surface area contributed by atoms with Crippen LogP contribution in [0, 0.1) is 11.3 Å². The highest BCUT2D eigenvalue weighted by Gasteiger charge is 2.15. The summed E-state index contributed by atoms with van der Waals surface area (Å²) >= 11 is 15.4. The Labute approximate surface area is 197 Å². The smallest absolute Gasteiger partial charge is 0.343 e. The Kier molecular flexibility index (Phi) is 7.48. The van der Waals surface area contributed by atoms with Gasteiger partial charge in [0.15, 0.2) is 0 Å². The first-order valence-corrected chi connectivity index (χ1v) is 10.4. The molecule has 0 aliphatic heterocycles. The summed E-state index contributed by atoms with van der Waals surface area (Å²) in [5, 5.41) is 12.7. The molecule has 0 saturated carbocycles. The van der Waals surface area contributed by atoms with Crippen LogP contribution in [0.1, 0.15) is 15.9 Å². The van der Waals surface area contributed by atoms with Crippen LogP contribution in [-0.4, -0.2) is 11.9 Å². The van der Waals surface area contributed by atoms with Crippen LogP contribution < -0.4 is 10.1 Å². The van der Waals surface area contributed by atoms with E-state index in [0.717, 1.165) is 0 Å². The number of rotatable bonds is 5. The van der Waals surface area contributed by atoms with Gasteiger partial charge < -0.3 is 10.1 Å². The summed E-state index contributed by atoms with van der Waals surface area (Å²) in [7, 11) is 0. The van der Waals surface area contributed by atoms with Crippen molar-refractivity contribution >= 4 is 62.8 Å². The van der Waals surface area contributed by atoms with Crippen LogP contribution in [0.15, 0.2) is 76.8 Å². The maximum absolute atomic E-state index is 12.6. The van der Waals surface area contributed by atoms with Crippen LogP contribution in [-0.2, 0) is 4.79 Å². The van der Waals surface area contributed by atoms with Gasteiger partial charge in [0.1, 0.15) is 17.4 Å². The van der Waals surface area contributed by atoms with Crippen LogP contribution in [0.3, 0.4) is 0 Å². The number of ether oxygens (including phenoxy) is 1. The van der Waals surface area contributed by atoms with Crippen LogP contribution in [0.25, 0.3) is 6.08 Å². The molecule has 154 valence electrons. The molecular weight excluding hydrogens is 503 g/mol. The summed E-state index contributed by atoms with van der Waals surface area (Å²) in [6, 6.07) is 19.8. The molecule has 0 heterocycles. The van der Waals surface area contributed by atoms with Crippen LogP contribution in [0.4, 0.5) is 5.69 Å². The zero-order chi connectivity index (χ0) is 22.4. The molecule has 0 spiro atoms. The van der Waals surface area contributed by atoms with E-state index >= 15 is 0 Å². The van der Waals surface area contributed by atoms with Gasteiger partial charge >= 0.3 is 5.97 Å². The second kappa shape index (κ2) is 10.3. The average Bonchev–Trinajstić information content (AvgIpc) is 2.76. The van der Waals surface area contributed by atoms with E-state index < -0.39 is 11.9 Å². The van der Waals surface area contributed by atoms with Crippen molar-refractivity contribution in [3.63, 3.8) is 0 Å². The predicted octanol–water partition coefficient (Wildman–Crippen LogP) is 6.52. The molecule has 31 heavy (non-hydrogen) atoms. The van der Waals surface area contributed by atoms with E-state index in [4.69, 9.17) is 27.9 Å². The molecule has 0 bridgehead atoms. The molecule has 1 amide bonds. The first-order valence-electron chi connectivity index (χ1n) is 8.82. The summed E-state index contributed by atoms with van der Waals surface area (Å²) in [5.41, 5.74) is 0.785. The Balaban J connectivity index is 1.90. The average molecular weight is 516 g/mol. The second-order valence-electron chi connectivity index (χ2n) is 6.19. The molecule has 0 aromatic heterocycles. The Bertz CT molecular complexity index is 1220. The number of anilines is 1. The van der Waals surface area contributed by atoms with Crippen molar-refractivity contribution in [1.82, 2.24) is 0 Å². The Hall–Kier alpha value is -3.11.